The van der Waals surface area contributed by atoms with Crippen molar-refractivity contribution in [2.75, 3.05) is 13.1 Å². The number of aromatic nitrogens is 3. The van der Waals surface area contributed by atoms with Gasteiger partial charge in [0, 0.05) is 38.1 Å². The molecule has 0 spiro atoms. The van der Waals surface area contributed by atoms with Gasteiger partial charge >= 0.3 is 0 Å². The van der Waals surface area contributed by atoms with Crippen LogP contribution in [0.1, 0.15) is 45.4 Å². The average Bonchev–Trinajstić information content (AvgIpc) is 3.24. The molecular weight excluding hydrogens is 397 g/mol. The Labute approximate surface area is 179 Å². The van der Waals surface area contributed by atoms with Gasteiger partial charge in [0.2, 0.25) is 0 Å². The van der Waals surface area contributed by atoms with E-state index in [0.29, 0.717) is 31.6 Å². The van der Waals surface area contributed by atoms with Crippen molar-refractivity contribution in [2.24, 2.45) is 13.0 Å². The van der Waals surface area contributed by atoms with Gasteiger partial charge in [-0.1, -0.05) is 12.1 Å². The minimum absolute atomic E-state index is 0.0859. The van der Waals surface area contributed by atoms with E-state index < -0.39 is 5.82 Å². The number of piperidine rings is 1. The molecule has 2 aromatic heterocycles. The summed E-state index contributed by atoms with van der Waals surface area (Å²) in [5.74, 6) is -0.789. The lowest BCUT2D eigenvalue weighted by atomic mass is 9.87. The first-order valence-electron chi connectivity index (χ1n) is 10.3. The number of hydrogen-bond acceptors (Lipinski definition) is 4. The third-order valence-electron chi connectivity index (χ3n) is 5.61. The number of benzene rings is 1. The zero-order valence-electron chi connectivity index (χ0n) is 17.2. The van der Waals surface area contributed by atoms with E-state index in [2.05, 4.69) is 15.4 Å². The number of pyridine rings is 1. The molecule has 31 heavy (non-hydrogen) atoms. The van der Waals surface area contributed by atoms with E-state index in [9.17, 15) is 14.0 Å². The summed E-state index contributed by atoms with van der Waals surface area (Å²) in [6.07, 6.45) is 4.86. The molecule has 2 amide bonds. The standard InChI is InChI=1S/C23H24FN5O2/c1-28-12-10-20(27-28)23(31)29-13-8-16(9-14-29)21(19-7-2-3-11-25-19)26-22(30)17-5-4-6-18(24)15-17/h2-7,10-12,15-16,21H,8-9,13-14H2,1H3,(H,26,30)/t21-/m0/s1. The monoisotopic (exact) mass is 421 g/mol. The van der Waals surface area contributed by atoms with Crippen LogP contribution in [-0.4, -0.2) is 44.6 Å². The minimum atomic E-state index is -0.455. The largest absolute Gasteiger partial charge is 0.343 e. The number of likely N-dealkylation sites (tertiary alicyclic amines) is 1. The van der Waals surface area contributed by atoms with Gasteiger partial charge in [0.05, 0.1) is 11.7 Å². The maximum atomic E-state index is 13.6. The van der Waals surface area contributed by atoms with E-state index in [-0.39, 0.29) is 29.3 Å². The smallest absolute Gasteiger partial charge is 0.274 e. The Morgan fingerprint density at radius 1 is 1.13 bits per heavy atom. The summed E-state index contributed by atoms with van der Waals surface area (Å²) in [5, 5.41) is 7.23. The normalized spacial score (nSPS) is 15.5. The van der Waals surface area contributed by atoms with Gasteiger partial charge in [0.25, 0.3) is 11.8 Å². The molecule has 160 valence electrons. The summed E-state index contributed by atoms with van der Waals surface area (Å²) < 4.78 is 15.2. The Morgan fingerprint density at radius 3 is 2.58 bits per heavy atom. The van der Waals surface area contributed by atoms with Crippen molar-refractivity contribution in [3.8, 4) is 0 Å². The molecule has 0 radical (unpaired) electrons. The average molecular weight is 421 g/mol. The number of carbonyl (C=O) groups excluding carboxylic acids is 2. The Bertz CT molecular complexity index is 1060. The van der Waals surface area contributed by atoms with Crippen molar-refractivity contribution in [3.05, 3.63) is 83.7 Å². The van der Waals surface area contributed by atoms with Crippen LogP contribution in [0.15, 0.2) is 60.9 Å². The molecule has 1 N–H and O–H groups in total. The van der Waals surface area contributed by atoms with Crippen LogP contribution in [0.2, 0.25) is 0 Å². The highest BCUT2D eigenvalue weighted by molar-refractivity contribution is 5.94. The van der Waals surface area contributed by atoms with Crippen molar-refractivity contribution in [1.29, 1.82) is 0 Å². The highest BCUT2D eigenvalue weighted by Gasteiger charge is 2.32. The maximum absolute atomic E-state index is 13.6. The van der Waals surface area contributed by atoms with Crippen LogP contribution in [0.5, 0.6) is 0 Å². The molecule has 1 atom stereocenters. The lowest BCUT2D eigenvalue weighted by molar-refractivity contribution is 0.0651. The van der Waals surface area contributed by atoms with Gasteiger partial charge in [-0.05, 0) is 55.2 Å². The molecule has 1 aliphatic rings. The van der Waals surface area contributed by atoms with Crippen LogP contribution in [-0.2, 0) is 7.05 Å². The summed E-state index contributed by atoms with van der Waals surface area (Å²) in [6, 6.07) is 12.6. The van der Waals surface area contributed by atoms with Gasteiger partial charge in [0.1, 0.15) is 11.5 Å². The maximum Gasteiger partial charge on any atom is 0.274 e. The minimum Gasteiger partial charge on any atom is -0.343 e. The van der Waals surface area contributed by atoms with Crippen LogP contribution < -0.4 is 5.32 Å². The first kappa shape index (κ1) is 20.7. The van der Waals surface area contributed by atoms with E-state index in [1.165, 1.54) is 18.2 Å². The van der Waals surface area contributed by atoms with Crippen molar-refractivity contribution >= 4 is 11.8 Å². The van der Waals surface area contributed by atoms with E-state index >= 15 is 0 Å². The van der Waals surface area contributed by atoms with Crippen molar-refractivity contribution in [1.82, 2.24) is 25.0 Å². The Balaban J connectivity index is 1.48. The second-order valence-electron chi connectivity index (χ2n) is 7.72. The molecule has 1 aliphatic heterocycles. The first-order chi connectivity index (χ1) is 15.0. The molecule has 4 rings (SSSR count). The fourth-order valence-corrected chi connectivity index (χ4v) is 3.97. The summed E-state index contributed by atoms with van der Waals surface area (Å²) in [7, 11) is 1.78. The quantitative estimate of drug-likeness (QED) is 0.687. The number of aryl methyl sites for hydroxylation is 1. The van der Waals surface area contributed by atoms with Crippen molar-refractivity contribution in [2.45, 2.75) is 18.9 Å². The number of nitrogens with zero attached hydrogens (tertiary/aromatic N) is 4. The lowest BCUT2D eigenvalue weighted by Crippen LogP contribution is -2.43. The molecule has 7 nitrogen and oxygen atoms in total. The molecule has 3 heterocycles. The van der Waals surface area contributed by atoms with Gasteiger partial charge < -0.3 is 10.2 Å². The summed E-state index contributed by atoms with van der Waals surface area (Å²) in [5.41, 5.74) is 1.45. The Morgan fingerprint density at radius 2 is 1.94 bits per heavy atom. The third-order valence-corrected chi connectivity index (χ3v) is 5.61. The predicted molar refractivity (Wildman–Crippen MR) is 113 cm³/mol. The Hall–Kier alpha value is -3.55. The molecule has 0 unspecified atom stereocenters. The van der Waals surface area contributed by atoms with E-state index in [1.807, 2.05) is 18.2 Å². The molecule has 0 bridgehead atoms. The number of rotatable bonds is 5. The van der Waals surface area contributed by atoms with Crippen LogP contribution in [0.3, 0.4) is 0 Å². The Kier molecular flexibility index (Phi) is 6.06. The fraction of sp³-hybridized carbons (Fsp3) is 0.304. The molecule has 0 aliphatic carbocycles. The predicted octanol–water partition coefficient (Wildman–Crippen LogP) is 2.98. The molecule has 3 aromatic rings. The van der Waals surface area contributed by atoms with Crippen LogP contribution >= 0.6 is 0 Å². The number of nitrogens with one attached hydrogen (secondary N) is 1. The molecular formula is C23H24FN5O2. The van der Waals surface area contributed by atoms with Gasteiger partial charge in [-0.15, -0.1) is 0 Å². The van der Waals surface area contributed by atoms with Gasteiger partial charge in [-0.3, -0.25) is 19.3 Å². The first-order valence-corrected chi connectivity index (χ1v) is 10.3. The van der Waals surface area contributed by atoms with Gasteiger partial charge in [-0.25, -0.2) is 4.39 Å². The van der Waals surface area contributed by atoms with Crippen LogP contribution in [0.4, 0.5) is 4.39 Å². The van der Waals surface area contributed by atoms with Crippen LogP contribution in [0.25, 0.3) is 0 Å². The second-order valence-corrected chi connectivity index (χ2v) is 7.72. The van der Waals surface area contributed by atoms with Crippen molar-refractivity contribution in [3.63, 3.8) is 0 Å². The molecule has 0 saturated carbocycles. The summed E-state index contributed by atoms with van der Waals surface area (Å²) >= 11 is 0. The molecule has 1 aromatic carbocycles. The third kappa shape index (κ3) is 4.79. The zero-order valence-corrected chi connectivity index (χ0v) is 17.2. The number of amides is 2. The van der Waals surface area contributed by atoms with Gasteiger partial charge in [0.15, 0.2) is 0 Å². The lowest BCUT2D eigenvalue weighted by Gasteiger charge is -2.36. The molecule has 8 heteroatoms. The van der Waals surface area contributed by atoms with Gasteiger partial charge in [-0.2, -0.15) is 5.10 Å². The van der Waals surface area contributed by atoms with Crippen molar-refractivity contribution < 1.29 is 14.0 Å². The van der Waals surface area contributed by atoms with E-state index in [0.717, 1.165) is 5.69 Å². The fourth-order valence-electron chi connectivity index (χ4n) is 3.97. The highest BCUT2D eigenvalue weighted by atomic mass is 19.1. The topological polar surface area (TPSA) is 80.1 Å². The number of hydrogen-bond donors (Lipinski definition) is 1. The molecule has 1 saturated heterocycles. The van der Waals surface area contributed by atoms with E-state index in [1.54, 1.807) is 41.2 Å². The summed E-state index contributed by atoms with van der Waals surface area (Å²) in [4.78, 5) is 31.7. The number of carbonyl (C=O) groups is 2. The second kappa shape index (κ2) is 9.07. The highest BCUT2D eigenvalue weighted by Crippen LogP contribution is 2.30. The summed E-state index contributed by atoms with van der Waals surface area (Å²) in [6.45, 7) is 1.14. The molecule has 1 fully saturated rings. The number of halogens is 1. The zero-order chi connectivity index (χ0) is 21.8. The van der Waals surface area contributed by atoms with E-state index in [4.69, 9.17) is 0 Å². The SMILES string of the molecule is Cn1ccc(C(=O)N2CCC([C@H](NC(=O)c3cccc(F)c3)c3ccccn3)CC2)n1. The van der Waals surface area contributed by atoms with Crippen LogP contribution in [0, 0.1) is 11.7 Å².